The molecule has 3 N–H and O–H groups in total. The van der Waals surface area contributed by atoms with Crippen molar-refractivity contribution in [2.45, 2.75) is 19.0 Å². The third kappa shape index (κ3) is 0.932. The van der Waals surface area contributed by atoms with Gasteiger partial charge in [-0.3, -0.25) is 10.3 Å². The van der Waals surface area contributed by atoms with E-state index in [1.807, 2.05) is 0 Å². The molecule has 2 unspecified atom stereocenters. The van der Waals surface area contributed by atoms with Gasteiger partial charge in [-0.1, -0.05) is 0 Å². The maximum Gasteiger partial charge on any atom is 0.0629 e. The molecule has 0 aromatic heterocycles. The summed E-state index contributed by atoms with van der Waals surface area (Å²) in [6.45, 7) is 5.32. The normalized spacial score (nSPS) is 41.7. The van der Waals surface area contributed by atoms with Gasteiger partial charge in [0.2, 0.25) is 0 Å². The van der Waals surface area contributed by atoms with E-state index in [1.54, 1.807) is 0 Å². The molecule has 2 saturated heterocycles. The zero-order valence-corrected chi connectivity index (χ0v) is 6.22. The van der Waals surface area contributed by atoms with Crippen LogP contribution in [0.15, 0.2) is 0 Å². The van der Waals surface area contributed by atoms with Crippen LogP contribution in [-0.2, 0) is 0 Å². The number of fused-ring (bicyclic) bond motifs is 1. The highest BCUT2D eigenvalue weighted by atomic mass is 15.5. The first-order valence-electron chi connectivity index (χ1n) is 3.81. The summed E-state index contributed by atoms with van der Waals surface area (Å²) in [7, 11) is 0. The molecule has 0 saturated carbocycles. The van der Waals surface area contributed by atoms with E-state index in [-0.39, 0.29) is 0 Å². The van der Waals surface area contributed by atoms with E-state index in [0.717, 1.165) is 19.9 Å². The second kappa shape index (κ2) is 2.47. The Morgan fingerprint density at radius 1 is 1.40 bits per heavy atom. The molecule has 0 radical (unpaired) electrons. The van der Waals surface area contributed by atoms with Crippen LogP contribution < -0.4 is 16.2 Å². The Labute approximate surface area is 60.9 Å². The lowest BCUT2D eigenvalue weighted by Crippen LogP contribution is -2.60. The molecule has 2 aliphatic heterocycles. The van der Waals surface area contributed by atoms with Crippen LogP contribution in [0.4, 0.5) is 0 Å². The molecule has 4 heteroatoms. The van der Waals surface area contributed by atoms with E-state index >= 15 is 0 Å². The lowest BCUT2D eigenvalue weighted by Gasteiger charge is -2.34. The minimum absolute atomic E-state index is 0.559. The predicted molar refractivity (Wildman–Crippen MR) is 39.1 cm³/mol. The molecule has 2 fully saturated rings. The minimum Gasteiger partial charge on any atom is -0.303 e. The van der Waals surface area contributed by atoms with Crippen molar-refractivity contribution in [3.05, 3.63) is 0 Å². The molecule has 10 heavy (non-hydrogen) atoms. The predicted octanol–water partition coefficient (Wildman–Crippen LogP) is -1.33. The molecule has 0 aromatic rings. The molecule has 4 nitrogen and oxygen atoms in total. The van der Waals surface area contributed by atoms with Crippen LogP contribution in [0.1, 0.15) is 6.92 Å². The van der Waals surface area contributed by atoms with Gasteiger partial charge in [0.05, 0.1) is 6.67 Å². The van der Waals surface area contributed by atoms with Crippen molar-refractivity contribution in [3.63, 3.8) is 0 Å². The third-order valence-electron chi connectivity index (χ3n) is 2.33. The third-order valence-corrected chi connectivity index (χ3v) is 2.33. The number of nitrogens with one attached hydrogen (secondary N) is 3. The van der Waals surface area contributed by atoms with Crippen LogP contribution in [0.25, 0.3) is 0 Å². The Hall–Kier alpha value is -0.160. The van der Waals surface area contributed by atoms with Crippen molar-refractivity contribution in [1.82, 2.24) is 21.1 Å². The van der Waals surface area contributed by atoms with E-state index in [2.05, 4.69) is 28.0 Å². The number of hydrogen-bond acceptors (Lipinski definition) is 4. The van der Waals surface area contributed by atoms with Gasteiger partial charge in [-0.25, -0.2) is 5.43 Å². The van der Waals surface area contributed by atoms with Crippen molar-refractivity contribution in [1.29, 1.82) is 0 Å². The molecular weight excluding hydrogens is 128 g/mol. The van der Waals surface area contributed by atoms with Crippen molar-refractivity contribution >= 4 is 0 Å². The highest BCUT2D eigenvalue weighted by Gasteiger charge is 2.31. The molecule has 2 heterocycles. The lowest BCUT2D eigenvalue weighted by molar-refractivity contribution is 0.132. The van der Waals surface area contributed by atoms with Crippen molar-refractivity contribution < 1.29 is 0 Å². The largest absolute Gasteiger partial charge is 0.303 e. The van der Waals surface area contributed by atoms with Crippen LogP contribution in [0, 0.1) is 0 Å². The molecule has 2 rings (SSSR count). The van der Waals surface area contributed by atoms with Gasteiger partial charge < -0.3 is 5.32 Å². The summed E-state index contributed by atoms with van der Waals surface area (Å²) < 4.78 is 0. The van der Waals surface area contributed by atoms with Crippen LogP contribution >= 0.6 is 0 Å². The molecule has 2 aliphatic rings. The molecule has 0 aliphatic carbocycles. The number of nitrogens with zero attached hydrogens (tertiary/aromatic N) is 1. The van der Waals surface area contributed by atoms with E-state index in [9.17, 15) is 0 Å². The van der Waals surface area contributed by atoms with E-state index < -0.39 is 0 Å². The summed E-state index contributed by atoms with van der Waals surface area (Å²) in [6.07, 6.45) is 0. The standard InChI is InChI=1S/C6H14N4/c1-5-6-2-7-3-10(6)4-8-9-5/h5-9H,2-4H2,1H3. The van der Waals surface area contributed by atoms with Gasteiger partial charge in [-0.05, 0) is 6.92 Å². The molecule has 0 bridgehead atoms. The Kier molecular flexibility index (Phi) is 1.61. The maximum atomic E-state index is 3.34. The fraction of sp³-hybridized carbons (Fsp3) is 1.00. The van der Waals surface area contributed by atoms with Crippen LogP contribution in [0.3, 0.4) is 0 Å². The van der Waals surface area contributed by atoms with Gasteiger partial charge in [0.1, 0.15) is 0 Å². The molecular formula is C6H14N4. The average molecular weight is 142 g/mol. The fourth-order valence-electron chi connectivity index (χ4n) is 1.67. The fourth-order valence-corrected chi connectivity index (χ4v) is 1.67. The Bertz CT molecular complexity index is 127. The highest BCUT2D eigenvalue weighted by molar-refractivity contribution is 4.89. The minimum atomic E-state index is 0.559. The zero-order chi connectivity index (χ0) is 6.97. The van der Waals surface area contributed by atoms with Gasteiger partial charge in [-0.15, -0.1) is 0 Å². The summed E-state index contributed by atoms with van der Waals surface area (Å²) in [5.74, 6) is 0. The van der Waals surface area contributed by atoms with Crippen LogP contribution in [0.5, 0.6) is 0 Å². The first-order chi connectivity index (χ1) is 4.88. The molecule has 0 amide bonds. The monoisotopic (exact) mass is 142 g/mol. The first-order valence-corrected chi connectivity index (χ1v) is 3.81. The number of hydrazine groups is 1. The van der Waals surface area contributed by atoms with Crippen LogP contribution in [0.2, 0.25) is 0 Å². The van der Waals surface area contributed by atoms with Crippen molar-refractivity contribution in [3.8, 4) is 0 Å². The second-order valence-electron chi connectivity index (χ2n) is 3.04. The molecule has 58 valence electrons. The first kappa shape index (κ1) is 6.54. The van der Waals surface area contributed by atoms with Gasteiger partial charge in [0, 0.05) is 25.3 Å². The summed E-state index contributed by atoms with van der Waals surface area (Å²) in [4.78, 5) is 2.40. The van der Waals surface area contributed by atoms with Crippen LogP contribution in [-0.4, -0.2) is 36.9 Å². The Morgan fingerprint density at radius 2 is 2.30 bits per heavy atom. The van der Waals surface area contributed by atoms with Gasteiger partial charge in [-0.2, -0.15) is 0 Å². The molecule has 0 aromatic carbocycles. The SMILES string of the molecule is CC1NNCN2CNCC12. The van der Waals surface area contributed by atoms with E-state index in [1.165, 1.54) is 0 Å². The summed E-state index contributed by atoms with van der Waals surface area (Å²) in [5.41, 5.74) is 6.36. The number of hydrogen-bond donors (Lipinski definition) is 3. The van der Waals surface area contributed by atoms with Gasteiger partial charge in [0.15, 0.2) is 0 Å². The quantitative estimate of drug-likeness (QED) is 0.392. The van der Waals surface area contributed by atoms with Crippen molar-refractivity contribution in [2.75, 3.05) is 19.9 Å². The molecule has 0 spiro atoms. The highest BCUT2D eigenvalue weighted by Crippen LogP contribution is 2.09. The van der Waals surface area contributed by atoms with E-state index in [4.69, 9.17) is 0 Å². The zero-order valence-electron chi connectivity index (χ0n) is 6.22. The Morgan fingerprint density at radius 3 is 3.10 bits per heavy atom. The maximum absolute atomic E-state index is 3.34. The summed E-state index contributed by atoms with van der Waals surface area (Å²) >= 11 is 0. The average Bonchev–Trinajstić information content (AvgIpc) is 2.36. The second-order valence-corrected chi connectivity index (χ2v) is 3.04. The summed E-state index contributed by atoms with van der Waals surface area (Å²) in [5, 5.41) is 3.34. The molecule has 2 atom stereocenters. The lowest BCUT2D eigenvalue weighted by atomic mass is 10.1. The summed E-state index contributed by atoms with van der Waals surface area (Å²) in [6, 6.07) is 1.24. The number of rotatable bonds is 0. The van der Waals surface area contributed by atoms with Crippen molar-refractivity contribution in [2.24, 2.45) is 0 Å². The topological polar surface area (TPSA) is 39.3 Å². The van der Waals surface area contributed by atoms with Gasteiger partial charge in [0.25, 0.3) is 0 Å². The Balaban J connectivity index is 2.03. The van der Waals surface area contributed by atoms with Gasteiger partial charge >= 0.3 is 0 Å². The smallest absolute Gasteiger partial charge is 0.0629 e. The van der Waals surface area contributed by atoms with E-state index in [0.29, 0.717) is 12.1 Å².